The third-order valence-corrected chi connectivity index (χ3v) is 5.64. The number of aryl methyl sites for hydroxylation is 1. The minimum atomic E-state index is -0.0899. The molecular formula is C19H24N4OS. The van der Waals surface area contributed by atoms with Crippen molar-refractivity contribution >= 4 is 17.0 Å². The van der Waals surface area contributed by atoms with Gasteiger partial charge >= 0.3 is 0 Å². The molecule has 25 heavy (non-hydrogen) atoms. The van der Waals surface area contributed by atoms with E-state index >= 15 is 0 Å². The van der Waals surface area contributed by atoms with Crippen LogP contribution in [0.1, 0.15) is 37.7 Å². The number of rotatable bonds is 4. The monoisotopic (exact) mass is 356 g/mol. The standard InChI is InChI=1S/C19H24N4OS/c1-6-13(2)22-14(3)12-25-19(22)20-17-15(4)21(5)23(18(17)24)16-10-8-7-9-11-16/h7-13H,6H2,1-5H3. The van der Waals surface area contributed by atoms with Gasteiger partial charge in [0, 0.05) is 24.2 Å². The van der Waals surface area contributed by atoms with Gasteiger partial charge < -0.3 is 4.57 Å². The van der Waals surface area contributed by atoms with Crippen molar-refractivity contribution in [2.75, 3.05) is 0 Å². The molecule has 0 radical (unpaired) electrons. The molecule has 1 atom stereocenters. The van der Waals surface area contributed by atoms with Gasteiger partial charge in [0.05, 0.1) is 11.4 Å². The molecule has 1 aromatic carbocycles. The average molecular weight is 356 g/mol. The molecule has 3 rings (SSSR count). The van der Waals surface area contributed by atoms with Gasteiger partial charge in [-0.15, -0.1) is 11.3 Å². The molecule has 0 fully saturated rings. The molecule has 0 aliphatic rings. The molecule has 0 bridgehead atoms. The van der Waals surface area contributed by atoms with Crippen LogP contribution in [-0.4, -0.2) is 13.9 Å². The van der Waals surface area contributed by atoms with E-state index in [0.29, 0.717) is 11.7 Å². The maximum atomic E-state index is 13.0. The van der Waals surface area contributed by atoms with E-state index in [1.54, 1.807) is 16.0 Å². The van der Waals surface area contributed by atoms with Crippen LogP contribution in [0.2, 0.25) is 0 Å². The maximum Gasteiger partial charge on any atom is 0.297 e. The highest BCUT2D eigenvalue weighted by Gasteiger charge is 2.16. The first-order valence-electron chi connectivity index (χ1n) is 8.51. The second-order valence-electron chi connectivity index (χ2n) is 6.31. The maximum absolute atomic E-state index is 13.0. The fourth-order valence-electron chi connectivity index (χ4n) is 2.98. The first-order chi connectivity index (χ1) is 12.0. The Morgan fingerprint density at radius 1 is 1.20 bits per heavy atom. The van der Waals surface area contributed by atoms with Crippen molar-refractivity contribution in [1.82, 2.24) is 13.9 Å². The Morgan fingerprint density at radius 3 is 2.52 bits per heavy atom. The molecule has 2 heterocycles. The van der Waals surface area contributed by atoms with Crippen molar-refractivity contribution in [1.29, 1.82) is 0 Å². The van der Waals surface area contributed by atoms with Crippen LogP contribution < -0.4 is 10.4 Å². The van der Waals surface area contributed by atoms with Crippen LogP contribution in [0.5, 0.6) is 0 Å². The summed E-state index contributed by atoms with van der Waals surface area (Å²) in [5, 5.41) is 2.10. The fourth-order valence-corrected chi connectivity index (χ4v) is 3.95. The smallest absolute Gasteiger partial charge is 0.297 e. The van der Waals surface area contributed by atoms with E-state index in [4.69, 9.17) is 4.99 Å². The molecular weight excluding hydrogens is 332 g/mol. The van der Waals surface area contributed by atoms with Gasteiger partial charge in [0.15, 0.2) is 10.5 Å². The number of aromatic nitrogens is 3. The number of hydrogen-bond donors (Lipinski definition) is 0. The van der Waals surface area contributed by atoms with Crippen LogP contribution in [0.25, 0.3) is 5.69 Å². The predicted molar refractivity (Wildman–Crippen MR) is 103 cm³/mol. The van der Waals surface area contributed by atoms with Crippen molar-refractivity contribution in [3.8, 4) is 5.69 Å². The molecule has 2 aromatic heterocycles. The molecule has 5 nitrogen and oxygen atoms in total. The SMILES string of the molecule is CCC(C)n1c(C)csc1=Nc1c(C)n(C)n(-c2ccccc2)c1=O. The number of benzene rings is 1. The summed E-state index contributed by atoms with van der Waals surface area (Å²) in [7, 11) is 1.89. The lowest BCUT2D eigenvalue weighted by molar-refractivity contribution is 0.508. The van der Waals surface area contributed by atoms with Gasteiger partial charge in [0.2, 0.25) is 0 Å². The Kier molecular flexibility index (Phi) is 4.81. The summed E-state index contributed by atoms with van der Waals surface area (Å²) in [6.45, 7) is 8.36. The summed E-state index contributed by atoms with van der Waals surface area (Å²) < 4.78 is 5.75. The number of hydrogen-bond acceptors (Lipinski definition) is 3. The zero-order valence-corrected chi connectivity index (χ0v) is 16.2. The molecule has 0 spiro atoms. The average Bonchev–Trinajstić information content (AvgIpc) is 3.08. The lowest BCUT2D eigenvalue weighted by Gasteiger charge is -2.12. The van der Waals surface area contributed by atoms with Crippen LogP contribution in [0, 0.1) is 13.8 Å². The van der Waals surface area contributed by atoms with E-state index < -0.39 is 0 Å². The number of thiazole rings is 1. The van der Waals surface area contributed by atoms with Gasteiger partial charge in [-0.1, -0.05) is 25.1 Å². The highest BCUT2D eigenvalue weighted by molar-refractivity contribution is 7.07. The Morgan fingerprint density at radius 2 is 1.88 bits per heavy atom. The molecule has 0 N–H and O–H groups in total. The van der Waals surface area contributed by atoms with E-state index in [9.17, 15) is 4.79 Å². The Balaban J connectivity index is 2.23. The number of para-hydroxylation sites is 1. The van der Waals surface area contributed by atoms with Gasteiger partial charge in [-0.05, 0) is 39.3 Å². The normalized spacial score (nSPS) is 13.4. The van der Waals surface area contributed by atoms with Gasteiger partial charge in [-0.2, -0.15) is 0 Å². The van der Waals surface area contributed by atoms with Crippen molar-refractivity contribution in [3.63, 3.8) is 0 Å². The zero-order valence-electron chi connectivity index (χ0n) is 15.4. The number of nitrogens with zero attached hydrogens (tertiary/aromatic N) is 4. The topological polar surface area (TPSA) is 44.2 Å². The van der Waals surface area contributed by atoms with E-state index in [2.05, 4.69) is 30.7 Å². The molecule has 0 saturated carbocycles. The second-order valence-corrected chi connectivity index (χ2v) is 7.15. The van der Waals surface area contributed by atoms with Gasteiger partial charge in [0.1, 0.15) is 0 Å². The minimum Gasteiger partial charge on any atom is -0.318 e. The van der Waals surface area contributed by atoms with E-state index in [-0.39, 0.29) is 5.56 Å². The lowest BCUT2D eigenvalue weighted by Crippen LogP contribution is -2.21. The van der Waals surface area contributed by atoms with Crippen molar-refractivity contribution in [2.24, 2.45) is 12.0 Å². The van der Waals surface area contributed by atoms with Gasteiger partial charge in [0.25, 0.3) is 5.56 Å². The highest BCUT2D eigenvalue weighted by atomic mass is 32.1. The Bertz CT molecular complexity index is 1000. The summed E-state index contributed by atoms with van der Waals surface area (Å²) in [4.78, 5) is 18.7. The van der Waals surface area contributed by atoms with Crippen LogP contribution >= 0.6 is 11.3 Å². The minimum absolute atomic E-state index is 0.0899. The molecule has 1 unspecified atom stereocenters. The summed E-state index contributed by atoms with van der Waals surface area (Å²) in [5.41, 5.74) is 3.29. The molecule has 0 aliphatic carbocycles. The molecule has 6 heteroatoms. The van der Waals surface area contributed by atoms with Crippen LogP contribution in [-0.2, 0) is 7.05 Å². The third kappa shape index (κ3) is 3.02. The third-order valence-electron chi connectivity index (χ3n) is 4.68. The molecule has 0 saturated heterocycles. The van der Waals surface area contributed by atoms with Crippen molar-refractivity contribution < 1.29 is 0 Å². The molecule has 0 amide bonds. The molecule has 3 aromatic rings. The summed E-state index contributed by atoms with van der Waals surface area (Å²) in [6, 6.07) is 10.0. The van der Waals surface area contributed by atoms with Crippen LogP contribution in [0.15, 0.2) is 45.5 Å². The van der Waals surface area contributed by atoms with E-state index in [1.807, 2.05) is 49.0 Å². The summed E-state index contributed by atoms with van der Waals surface area (Å²) >= 11 is 1.58. The first-order valence-corrected chi connectivity index (χ1v) is 9.39. The van der Waals surface area contributed by atoms with Gasteiger partial charge in [-0.3, -0.25) is 9.48 Å². The van der Waals surface area contributed by atoms with Crippen molar-refractivity contribution in [2.45, 2.75) is 40.2 Å². The van der Waals surface area contributed by atoms with Crippen molar-refractivity contribution in [3.05, 3.63) is 62.3 Å². The first kappa shape index (κ1) is 17.5. The zero-order chi connectivity index (χ0) is 18.1. The van der Waals surface area contributed by atoms with Gasteiger partial charge in [-0.25, -0.2) is 9.67 Å². The molecule has 132 valence electrons. The highest BCUT2D eigenvalue weighted by Crippen LogP contribution is 2.18. The predicted octanol–water partition coefficient (Wildman–Crippen LogP) is 3.86. The lowest BCUT2D eigenvalue weighted by atomic mass is 10.2. The fraction of sp³-hybridized carbons (Fsp3) is 0.368. The summed E-state index contributed by atoms with van der Waals surface area (Å²) in [5.74, 6) is 0. The van der Waals surface area contributed by atoms with E-state index in [1.165, 1.54) is 5.69 Å². The molecule has 0 aliphatic heterocycles. The Labute approximate surface area is 151 Å². The van der Waals surface area contributed by atoms with Crippen LogP contribution in [0.4, 0.5) is 5.69 Å². The second kappa shape index (κ2) is 6.88. The van der Waals surface area contributed by atoms with E-state index in [0.717, 1.165) is 22.6 Å². The largest absolute Gasteiger partial charge is 0.318 e. The van der Waals surface area contributed by atoms with Crippen LogP contribution in [0.3, 0.4) is 0 Å². The summed E-state index contributed by atoms with van der Waals surface area (Å²) in [6.07, 6.45) is 1.02. The quantitative estimate of drug-likeness (QED) is 0.700. The Hall–Kier alpha value is -2.34.